The van der Waals surface area contributed by atoms with E-state index in [1.807, 2.05) is 24.3 Å². The van der Waals surface area contributed by atoms with E-state index in [4.69, 9.17) is 4.74 Å². The minimum absolute atomic E-state index is 0.0213. The van der Waals surface area contributed by atoms with Crippen LogP contribution in [0.3, 0.4) is 0 Å². The Balaban J connectivity index is 1.85. The van der Waals surface area contributed by atoms with Gasteiger partial charge in [-0.25, -0.2) is 13.1 Å². The Kier molecular flexibility index (Phi) is 5.75. The Morgan fingerprint density at radius 2 is 1.81 bits per heavy atom. The highest BCUT2D eigenvalue weighted by atomic mass is 32.2. The fourth-order valence-electron chi connectivity index (χ4n) is 2.39. The second kappa shape index (κ2) is 7.35. The maximum Gasteiger partial charge on any atom is 0.216 e. The second-order valence-electron chi connectivity index (χ2n) is 5.50. The van der Waals surface area contributed by atoms with Crippen LogP contribution >= 0.6 is 0 Å². The van der Waals surface area contributed by atoms with Crippen LogP contribution in [0.25, 0.3) is 0 Å². The predicted octanol–water partition coefficient (Wildman–Crippen LogP) is 1.39. The SMILES string of the molecule is CCNCc1ccc(CS(=O)(=O)NC2CC(OC)C2)cc1. The van der Waals surface area contributed by atoms with E-state index < -0.39 is 10.0 Å². The molecule has 0 aliphatic heterocycles. The summed E-state index contributed by atoms with van der Waals surface area (Å²) in [7, 11) is -1.62. The molecule has 0 heterocycles. The van der Waals surface area contributed by atoms with E-state index >= 15 is 0 Å². The molecule has 0 radical (unpaired) electrons. The lowest BCUT2D eigenvalue weighted by atomic mass is 9.90. The van der Waals surface area contributed by atoms with Crippen LogP contribution in [0.5, 0.6) is 0 Å². The van der Waals surface area contributed by atoms with Crippen molar-refractivity contribution in [1.82, 2.24) is 10.0 Å². The third-order valence-corrected chi connectivity index (χ3v) is 5.14. The van der Waals surface area contributed by atoms with Crippen molar-refractivity contribution < 1.29 is 13.2 Å². The standard InChI is InChI=1S/C15H24N2O3S/c1-3-16-10-12-4-6-13(7-5-12)11-21(18,19)17-14-8-15(9-14)20-2/h4-7,14-17H,3,8-11H2,1-2H3. The molecule has 0 aromatic heterocycles. The van der Waals surface area contributed by atoms with Gasteiger partial charge in [-0.05, 0) is 30.5 Å². The molecule has 21 heavy (non-hydrogen) atoms. The largest absolute Gasteiger partial charge is 0.381 e. The van der Waals surface area contributed by atoms with E-state index in [0.717, 1.165) is 37.1 Å². The lowest BCUT2D eigenvalue weighted by Crippen LogP contribution is -2.47. The molecule has 1 aromatic rings. The van der Waals surface area contributed by atoms with Crippen molar-refractivity contribution in [3.63, 3.8) is 0 Å². The van der Waals surface area contributed by atoms with Crippen LogP contribution in [-0.2, 0) is 27.1 Å². The van der Waals surface area contributed by atoms with Gasteiger partial charge < -0.3 is 10.1 Å². The van der Waals surface area contributed by atoms with Crippen molar-refractivity contribution in [3.8, 4) is 0 Å². The first kappa shape index (κ1) is 16.4. The Morgan fingerprint density at radius 1 is 1.19 bits per heavy atom. The maximum absolute atomic E-state index is 12.1. The minimum atomic E-state index is -3.28. The summed E-state index contributed by atoms with van der Waals surface area (Å²) in [6.45, 7) is 3.79. The smallest absolute Gasteiger partial charge is 0.216 e. The van der Waals surface area contributed by atoms with E-state index in [9.17, 15) is 8.42 Å². The molecule has 1 fully saturated rings. The zero-order valence-electron chi connectivity index (χ0n) is 12.6. The van der Waals surface area contributed by atoms with Crippen LogP contribution in [-0.4, -0.2) is 34.2 Å². The predicted molar refractivity (Wildman–Crippen MR) is 83.4 cm³/mol. The summed E-state index contributed by atoms with van der Waals surface area (Å²) in [5, 5.41) is 3.24. The molecule has 0 atom stereocenters. The summed E-state index contributed by atoms with van der Waals surface area (Å²) in [6, 6.07) is 7.72. The maximum atomic E-state index is 12.1. The van der Waals surface area contributed by atoms with E-state index in [-0.39, 0.29) is 17.9 Å². The molecular weight excluding hydrogens is 288 g/mol. The van der Waals surface area contributed by atoms with Crippen LogP contribution in [0, 0.1) is 0 Å². The third kappa shape index (κ3) is 5.07. The monoisotopic (exact) mass is 312 g/mol. The number of rotatable bonds is 8. The molecule has 0 spiro atoms. The van der Waals surface area contributed by atoms with Crippen LogP contribution < -0.4 is 10.0 Å². The van der Waals surface area contributed by atoms with Crippen LogP contribution in [0.15, 0.2) is 24.3 Å². The Labute approximate surface area is 127 Å². The molecule has 6 heteroatoms. The minimum Gasteiger partial charge on any atom is -0.381 e. The quantitative estimate of drug-likeness (QED) is 0.761. The number of hydrogen-bond donors (Lipinski definition) is 2. The molecule has 2 N–H and O–H groups in total. The summed E-state index contributed by atoms with van der Waals surface area (Å²) in [6.07, 6.45) is 1.72. The fraction of sp³-hybridized carbons (Fsp3) is 0.600. The first-order valence-corrected chi connectivity index (χ1v) is 8.99. The highest BCUT2D eigenvalue weighted by Crippen LogP contribution is 2.23. The van der Waals surface area contributed by atoms with E-state index in [2.05, 4.69) is 17.0 Å². The van der Waals surface area contributed by atoms with Gasteiger partial charge >= 0.3 is 0 Å². The van der Waals surface area contributed by atoms with Gasteiger partial charge in [0.15, 0.2) is 0 Å². The van der Waals surface area contributed by atoms with Gasteiger partial charge in [-0.3, -0.25) is 0 Å². The first-order chi connectivity index (χ1) is 10.0. The van der Waals surface area contributed by atoms with Gasteiger partial charge in [-0.2, -0.15) is 0 Å². The molecule has 0 unspecified atom stereocenters. The molecule has 1 aromatic carbocycles. The zero-order valence-corrected chi connectivity index (χ0v) is 13.4. The summed E-state index contributed by atoms with van der Waals surface area (Å²) in [5.41, 5.74) is 1.97. The molecule has 0 bridgehead atoms. The highest BCUT2D eigenvalue weighted by molar-refractivity contribution is 7.88. The molecule has 5 nitrogen and oxygen atoms in total. The van der Waals surface area contributed by atoms with Crippen molar-refractivity contribution in [2.24, 2.45) is 0 Å². The molecule has 1 aliphatic carbocycles. The number of methoxy groups -OCH3 is 1. The lowest BCUT2D eigenvalue weighted by Gasteiger charge is -2.34. The topological polar surface area (TPSA) is 67.4 Å². The summed E-state index contributed by atoms with van der Waals surface area (Å²) >= 11 is 0. The zero-order chi connectivity index (χ0) is 15.3. The molecule has 1 aliphatic rings. The van der Waals surface area contributed by atoms with Crippen molar-refractivity contribution in [1.29, 1.82) is 0 Å². The van der Waals surface area contributed by atoms with E-state index in [1.165, 1.54) is 0 Å². The van der Waals surface area contributed by atoms with E-state index in [0.29, 0.717) is 0 Å². The number of benzene rings is 1. The number of ether oxygens (including phenoxy) is 1. The molecule has 2 rings (SSSR count). The van der Waals surface area contributed by atoms with Crippen molar-refractivity contribution in [2.75, 3.05) is 13.7 Å². The number of sulfonamides is 1. The molecule has 118 valence electrons. The van der Waals surface area contributed by atoms with Crippen LogP contribution in [0.4, 0.5) is 0 Å². The van der Waals surface area contributed by atoms with Gasteiger partial charge in [0.05, 0.1) is 11.9 Å². The third-order valence-electron chi connectivity index (χ3n) is 3.73. The average molecular weight is 312 g/mol. The Bertz CT molecular complexity index is 537. The van der Waals surface area contributed by atoms with Gasteiger partial charge in [-0.15, -0.1) is 0 Å². The molecule has 0 amide bonds. The molecule has 1 saturated carbocycles. The number of hydrogen-bond acceptors (Lipinski definition) is 4. The lowest BCUT2D eigenvalue weighted by molar-refractivity contribution is 0.0236. The summed E-state index contributed by atoms with van der Waals surface area (Å²) in [5.74, 6) is 0.0304. The molecule has 0 saturated heterocycles. The second-order valence-corrected chi connectivity index (χ2v) is 7.25. The van der Waals surface area contributed by atoms with Gasteiger partial charge in [0.2, 0.25) is 10.0 Å². The Morgan fingerprint density at radius 3 is 2.38 bits per heavy atom. The first-order valence-electron chi connectivity index (χ1n) is 7.33. The van der Waals surface area contributed by atoms with Crippen LogP contribution in [0.1, 0.15) is 30.9 Å². The van der Waals surface area contributed by atoms with Crippen molar-refractivity contribution >= 4 is 10.0 Å². The van der Waals surface area contributed by atoms with Crippen molar-refractivity contribution in [2.45, 2.75) is 44.2 Å². The van der Waals surface area contributed by atoms with Gasteiger partial charge in [0, 0.05) is 19.7 Å². The van der Waals surface area contributed by atoms with Gasteiger partial charge in [-0.1, -0.05) is 31.2 Å². The Hall–Kier alpha value is -0.950. The van der Waals surface area contributed by atoms with Gasteiger partial charge in [0.1, 0.15) is 0 Å². The highest BCUT2D eigenvalue weighted by Gasteiger charge is 2.32. The van der Waals surface area contributed by atoms with E-state index in [1.54, 1.807) is 7.11 Å². The van der Waals surface area contributed by atoms with Gasteiger partial charge in [0.25, 0.3) is 0 Å². The van der Waals surface area contributed by atoms with Crippen molar-refractivity contribution in [3.05, 3.63) is 35.4 Å². The average Bonchev–Trinajstić information content (AvgIpc) is 2.41. The fourth-order valence-corrected chi connectivity index (χ4v) is 3.81. The van der Waals surface area contributed by atoms with Crippen LogP contribution in [0.2, 0.25) is 0 Å². The number of nitrogens with one attached hydrogen (secondary N) is 2. The normalized spacial score (nSPS) is 22.0. The molecular formula is C15H24N2O3S. The summed E-state index contributed by atoms with van der Waals surface area (Å²) in [4.78, 5) is 0. The summed E-state index contributed by atoms with van der Waals surface area (Å²) < 4.78 is 32.1.